The summed E-state index contributed by atoms with van der Waals surface area (Å²) in [5.74, 6) is 0. The van der Waals surface area contributed by atoms with Crippen LogP contribution in [0, 0.1) is 6.92 Å². The molecule has 2 N–H and O–H groups in total. The number of nitrogens with zero attached hydrogens (tertiary/aromatic N) is 1. The van der Waals surface area contributed by atoms with Crippen molar-refractivity contribution in [1.29, 1.82) is 0 Å². The lowest BCUT2D eigenvalue weighted by Gasteiger charge is -2.12. The van der Waals surface area contributed by atoms with Crippen molar-refractivity contribution >= 4 is 0 Å². The summed E-state index contributed by atoms with van der Waals surface area (Å²) in [6, 6.07) is 4.07. The molecule has 1 aromatic heterocycles. The lowest BCUT2D eigenvalue weighted by atomic mass is 10.0. The first-order valence-electron chi connectivity index (χ1n) is 4.98. The first-order chi connectivity index (χ1) is 6.63. The summed E-state index contributed by atoms with van der Waals surface area (Å²) in [5, 5.41) is 0. The second kappa shape index (κ2) is 4.91. The van der Waals surface area contributed by atoms with E-state index in [9.17, 15) is 0 Å². The number of hydrogen-bond acceptors (Lipinski definition) is 2. The predicted octanol–water partition coefficient (Wildman–Crippen LogP) is 2.75. The summed E-state index contributed by atoms with van der Waals surface area (Å²) in [5.41, 5.74) is 9.32. The monoisotopic (exact) mass is 190 g/mol. The third kappa shape index (κ3) is 2.96. The van der Waals surface area contributed by atoms with Gasteiger partial charge in [-0.05, 0) is 31.4 Å². The van der Waals surface area contributed by atoms with E-state index in [1.165, 1.54) is 5.57 Å². The van der Waals surface area contributed by atoms with Crippen molar-refractivity contribution < 1.29 is 0 Å². The zero-order chi connectivity index (χ0) is 10.6. The molecule has 0 aliphatic carbocycles. The van der Waals surface area contributed by atoms with Gasteiger partial charge in [-0.2, -0.15) is 0 Å². The fraction of sp³-hybridized carbons (Fsp3) is 0.417. The molecule has 0 spiro atoms. The smallest absolute Gasteiger partial charge is 0.0372 e. The average molecular weight is 190 g/mol. The van der Waals surface area contributed by atoms with Crippen molar-refractivity contribution in [1.82, 2.24) is 4.98 Å². The molecule has 1 atom stereocenters. The summed E-state index contributed by atoms with van der Waals surface area (Å²) in [4.78, 5) is 4.22. The third-order valence-corrected chi connectivity index (χ3v) is 2.37. The Bertz CT molecular complexity index is 301. The first-order valence-corrected chi connectivity index (χ1v) is 4.98. The van der Waals surface area contributed by atoms with Crippen LogP contribution >= 0.6 is 0 Å². The minimum absolute atomic E-state index is 0.0375. The van der Waals surface area contributed by atoms with Crippen LogP contribution < -0.4 is 5.73 Å². The van der Waals surface area contributed by atoms with E-state index >= 15 is 0 Å². The number of nitrogens with two attached hydrogens (primary N) is 1. The van der Waals surface area contributed by atoms with E-state index in [0.717, 1.165) is 24.1 Å². The Morgan fingerprint density at radius 3 is 2.79 bits per heavy atom. The van der Waals surface area contributed by atoms with Crippen LogP contribution in [0.2, 0.25) is 0 Å². The number of aryl methyl sites for hydroxylation is 1. The molecule has 0 saturated carbocycles. The Hall–Kier alpha value is -1.15. The molecule has 0 aliphatic heterocycles. The molecule has 0 aromatic carbocycles. The van der Waals surface area contributed by atoms with Gasteiger partial charge in [-0.25, -0.2) is 0 Å². The Labute approximate surface area is 85.9 Å². The number of pyridine rings is 1. The number of aromatic nitrogens is 1. The van der Waals surface area contributed by atoms with Crippen LogP contribution in [0.3, 0.4) is 0 Å². The van der Waals surface area contributed by atoms with Gasteiger partial charge in [0.25, 0.3) is 0 Å². The Balaban J connectivity index is 2.65. The molecule has 0 amide bonds. The molecule has 1 unspecified atom stereocenters. The maximum atomic E-state index is 6.02. The lowest BCUT2D eigenvalue weighted by Crippen LogP contribution is -2.11. The van der Waals surface area contributed by atoms with Crippen LogP contribution in [0.5, 0.6) is 0 Å². The van der Waals surface area contributed by atoms with Gasteiger partial charge in [0, 0.05) is 17.9 Å². The Kier molecular flexibility index (Phi) is 3.84. The Morgan fingerprint density at radius 2 is 2.29 bits per heavy atom. The molecule has 0 aliphatic rings. The fourth-order valence-corrected chi connectivity index (χ4v) is 1.27. The van der Waals surface area contributed by atoms with Crippen LogP contribution in [0.25, 0.3) is 0 Å². The highest BCUT2D eigenvalue weighted by Crippen LogP contribution is 2.18. The molecule has 0 saturated heterocycles. The molecule has 2 nitrogen and oxygen atoms in total. The maximum absolute atomic E-state index is 6.02. The normalized spacial score (nSPS) is 12.5. The van der Waals surface area contributed by atoms with Gasteiger partial charge in [0.1, 0.15) is 0 Å². The van der Waals surface area contributed by atoms with Gasteiger partial charge in [-0.1, -0.05) is 25.1 Å². The van der Waals surface area contributed by atoms with E-state index in [-0.39, 0.29) is 6.04 Å². The summed E-state index contributed by atoms with van der Waals surface area (Å²) < 4.78 is 0. The van der Waals surface area contributed by atoms with Crippen molar-refractivity contribution in [2.24, 2.45) is 5.73 Å². The molecule has 1 aromatic rings. The first kappa shape index (κ1) is 10.9. The van der Waals surface area contributed by atoms with E-state index in [0.29, 0.717) is 0 Å². The van der Waals surface area contributed by atoms with E-state index in [1.807, 2.05) is 25.3 Å². The fourth-order valence-electron chi connectivity index (χ4n) is 1.27. The largest absolute Gasteiger partial charge is 0.324 e. The summed E-state index contributed by atoms with van der Waals surface area (Å²) >= 11 is 0. The van der Waals surface area contributed by atoms with Gasteiger partial charge >= 0.3 is 0 Å². The molecular weight excluding hydrogens is 172 g/mol. The lowest BCUT2D eigenvalue weighted by molar-refractivity contribution is 0.697. The molecule has 0 fully saturated rings. The zero-order valence-corrected chi connectivity index (χ0v) is 8.96. The second-order valence-electron chi connectivity index (χ2n) is 3.65. The van der Waals surface area contributed by atoms with Gasteiger partial charge in [-0.3, -0.25) is 4.98 Å². The van der Waals surface area contributed by atoms with E-state index < -0.39 is 0 Å². The average Bonchev–Trinajstić information content (AvgIpc) is 2.18. The third-order valence-electron chi connectivity index (χ3n) is 2.37. The van der Waals surface area contributed by atoms with Crippen LogP contribution in [0.1, 0.15) is 37.1 Å². The van der Waals surface area contributed by atoms with Gasteiger partial charge in [0.05, 0.1) is 0 Å². The highest BCUT2D eigenvalue weighted by molar-refractivity contribution is 5.18. The summed E-state index contributed by atoms with van der Waals surface area (Å²) in [6.07, 6.45) is 3.69. The standard InChI is InChI=1S/C12H18N2/c1-4-9(2)7-12(13)11-6-5-10(3)14-8-11/h5-6,8,12H,2,4,7,13H2,1,3H3. The van der Waals surface area contributed by atoms with Crippen molar-refractivity contribution in [3.63, 3.8) is 0 Å². The van der Waals surface area contributed by atoms with Crippen LogP contribution in [0.15, 0.2) is 30.5 Å². The molecule has 2 heteroatoms. The number of hydrogen-bond donors (Lipinski definition) is 1. The highest BCUT2D eigenvalue weighted by Gasteiger charge is 2.06. The van der Waals surface area contributed by atoms with E-state index in [4.69, 9.17) is 5.73 Å². The summed E-state index contributed by atoms with van der Waals surface area (Å²) in [7, 11) is 0. The van der Waals surface area contributed by atoms with Crippen molar-refractivity contribution in [3.8, 4) is 0 Å². The van der Waals surface area contributed by atoms with Crippen molar-refractivity contribution in [2.45, 2.75) is 32.7 Å². The van der Waals surface area contributed by atoms with E-state index in [2.05, 4.69) is 18.5 Å². The molecule has 1 heterocycles. The van der Waals surface area contributed by atoms with Crippen LogP contribution in [0.4, 0.5) is 0 Å². The highest BCUT2D eigenvalue weighted by atomic mass is 14.7. The number of rotatable bonds is 4. The quantitative estimate of drug-likeness (QED) is 0.741. The summed E-state index contributed by atoms with van der Waals surface area (Å²) in [6.45, 7) is 8.03. The van der Waals surface area contributed by atoms with Crippen LogP contribution in [-0.4, -0.2) is 4.98 Å². The Morgan fingerprint density at radius 1 is 1.57 bits per heavy atom. The predicted molar refractivity (Wildman–Crippen MR) is 60.0 cm³/mol. The van der Waals surface area contributed by atoms with Gasteiger partial charge in [0.2, 0.25) is 0 Å². The molecule has 0 bridgehead atoms. The van der Waals surface area contributed by atoms with Crippen molar-refractivity contribution in [2.75, 3.05) is 0 Å². The maximum Gasteiger partial charge on any atom is 0.0372 e. The minimum atomic E-state index is 0.0375. The van der Waals surface area contributed by atoms with E-state index in [1.54, 1.807) is 0 Å². The molecule has 76 valence electrons. The van der Waals surface area contributed by atoms with Gasteiger partial charge in [-0.15, -0.1) is 0 Å². The van der Waals surface area contributed by atoms with Crippen molar-refractivity contribution in [3.05, 3.63) is 41.7 Å². The topological polar surface area (TPSA) is 38.9 Å². The molecular formula is C12H18N2. The SMILES string of the molecule is C=C(CC)CC(N)c1ccc(C)nc1. The van der Waals surface area contributed by atoms with Crippen LogP contribution in [-0.2, 0) is 0 Å². The van der Waals surface area contributed by atoms with Gasteiger partial charge in [0.15, 0.2) is 0 Å². The van der Waals surface area contributed by atoms with Gasteiger partial charge < -0.3 is 5.73 Å². The molecule has 1 rings (SSSR count). The second-order valence-corrected chi connectivity index (χ2v) is 3.65. The molecule has 0 radical (unpaired) electrons. The molecule has 14 heavy (non-hydrogen) atoms. The minimum Gasteiger partial charge on any atom is -0.324 e. The zero-order valence-electron chi connectivity index (χ0n) is 8.96.